The molecule has 0 saturated carbocycles. The highest BCUT2D eigenvalue weighted by Gasteiger charge is 2.29. The van der Waals surface area contributed by atoms with Crippen LogP contribution in [0.4, 0.5) is 0 Å². The van der Waals surface area contributed by atoms with Gasteiger partial charge in [-0.1, -0.05) is 18.2 Å². The molecule has 1 aromatic carbocycles. The molecule has 0 spiro atoms. The Morgan fingerprint density at radius 1 is 1.35 bits per heavy atom. The molecule has 2 aromatic rings. The van der Waals surface area contributed by atoms with Crippen LogP contribution in [0, 0.1) is 0 Å². The Labute approximate surface area is 154 Å². The van der Waals surface area contributed by atoms with E-state index in [-0.39, 0.29) is 30.4 Å². The lowest BCUT2D eigenvalue weighted by Crippen LogP contribution is -2.37. The zero-order chi connectivity index (χ0) is 18.7. The second-order valence-electron chi connectivity index (χ2n) is 5.82. The number of rotatable bonds is 6. The second kappa shape index (κ2) is 7.52. The zero-order valence-electron chi connectivity index (χ0n) is 13.7. The Morgan fingerprint density at radius 2 is 2.15 bits per heavy atom. The summed E-state index contributed by atoms with van der Waals surface area (Å²) in [6.07, 6.45) is 0.545. The molecule has 2 heterocycles. The first-order valence-corrected chi connectivity index (χ1v) is 10.4. The Balaban J connectivity index is 1.61. The number of amides is 1. The van der Waals surface area contributed by atoms with Gasteiger partial charge in [0.2, 0.25) is 15.9 Å². The molecule has 0 atom stereocenters. The van der Waals surface area contributed by atoms with Crippen molar-refractivity contribution in [1.82, 2.24) is 14.6 Å². The lowest BCUT2D eigenvalue weighted by atomic mass is 10.1. The van der Waals surface area contributed by atoms with Gasteiger partial charge in [0.1, 0.15) is 5.01 Å². The highest BCUT2D eigenvalue weighted by molar-refractivity contribution is 7.89. The second-order valence-corrected chi connectivity index (χ2v) is 8.77. The first-order valence-electron chi connectivity index (χ1n) is 7.88. The minimum atomic E-state index is -3.29. The molecule has 0 bridgehead atoms. The Bertz CT molecular complexity index is 939. The first-order chi connectivity index (χ1) is 12.3. The van der Waals surface area contributed by atoms with Crippen molar-refractivity contribution >= 4 is 33.2 Å². The fraction of sp³-hybridized carbons (Fsp3) is 0.312. The van der Waals surface area contributed by atoms with Gasteiger partial charge in [-0.25, -0.2) is 18.2 Å². The summed E-state index contributed by atoms with van der Waals surface area (Å²) in [5.41, 5.74) is 1.57. The fourth-order valence-corrected chi connectivity index (χ4v) is 4.87. The van der Waals surface area contributed by atoms with E-state index >= 15 is 0 Å². The number of nitrogens with zero attached hydrogens (tertiary/aromatic N) is 2. The van der Waals surface area contributed by atoms with Crippen LogP contribution in [0.5, 0.6) is 0 Å². The van der Waals surface area contributed by atoms with Crippen LogP contribution in [-0.4, -0.2) is 53.5 Å². The molecule has 1 aliphatic heterocycles. The molecule has 26 heavy (non-hydrogen) atoms. The molecule has 1 aliphatic rings. The Hall–Kier alpha value is -2.30. The summed E-state index contributed by atoms with van der Waals surface area (Å²) >= 11 is 1.23. The van der Waals surface area contributed by atoms with E-state index in [1.165, 1.54) is 21.0 Å². The molecule has 1 amide bonds. The highest BCUT2D eigenvalue weighted by atomic mass is 32.2. The van der Waals surface area contributed by atoms with Crippen LogP contribution in [0.1, 0.15) is 22.5 Å². The van der Waals surface area contributed by atoms with Crippen LogP contribution in [0.2, 0.25) is 0 Å². The van der Waals surface area contributed by atoms with Crippen LogP contribution in [0.3, 0.4) is 0 Å². The molecule has 1 aromatic heterocycles. The Morgan fingerprint density at radius 3 is 2.81 bits per heavy atom. The van der Waals surface area contributed by atoms with Crippen molar-refractivity contribution in [2.45, 2.75) is 13.0 Å². The Kier molecular flexibility index (Phi) is 5.35. The number of thiazole rings is 1. The largest absolute Gasteiger partial charge is 0.476 e. The number of carboxylic acids is 1. The average Bonchev–Trinajstić information content (AvgIpc) is 3.21. The molecular formula is C16H17N3O5S2. The number of aromatic carboxylic acids is 1. The van der Waals surface area contributed by atoms with Crippen molar-refractivity contribution in [1.29, 1.82) is 0 Å². The summed E-state index contributed by atoms with van der Waals surface area (Å²) in [4.78, 5) is 27.0. The number of carbonyl (C=O) groups excluding carboxylic acids is 1. The third-order valence-electron chi connectivity index (χ3n) is 3.91. The summed E-state index contributed by atoms with van der Waals surface area (Å²) in [5, 5.41) is 13.7. The van der Waals surface area contributed by atoms with Crippen molar-refractivity contribution in [3.63, 3.8) is 0 Å². The average molecular weight is 395 g/mol. The van der Waals surface area contributed by atoms with Gasteiger partial charge in [-0.05, 0) is 18.1 Å². The number of hydrogen-bond donors (Lipinski definition) is 2. The third-order valence-corrected chi connectivity index (χ3v) is 6.70. The zero-order valence-corrected chi connectivity index (χ0v) is 15.3. The summed E-state index contributed by atoms with van der Waals surface area (Å²) in [7, 11) is -3.29. The van der Waals surface area contributed by atoms with E-state index in [2.05, 4.69) is 10.3 Å². The van der Waals surface area contributed by atoms with Crippen LogP contribution < -0.4 is 5.32 Å². The maximum atomic E-state index is 12.0. The van der Waals surface area contributed by atoms with Gasteiger partial charge in [0.05, 0.1) is 12.3 Å². The number of hydrogen-bond acceptors (Lipinski definition) is 6. The fourth-order valence-electron chi connectivity index (χ4n) is 2.60. The maximum absolute atomic E-state index is 12.0. The smallest absolute Gasteiger partial charge is 0.355 e. The lowest BCUT2D eigenvalue weighted by molar-refractivity contribution is -0.121. The summed E-state index contributed by atoms with van der Waals surface area (Å²) in [5.74, 6) is -1.34. The molecule has 10 heteroatoms. The van der Waals surface area contributed by atoms with Gasteiger partial charge in [-0.2, -0.15) is 4.31 Å². The number of carboxylic acid groups (broad SMARTS) is 1. The molecule has 2 N–H and O–H groups in total. The van der Waals surface area contributed by atoms with Crippen molar-refractivity contribution in [3.05, 3.63) is 40.9 Å². The number of aromatic nitrogens is 1. The predicted octanol–water partition coefficient (Wildman–Crippen LogP) is 1.16. The topological polar surface area (TPSA) is 117 Å². The standard InChI is InChI=1S/C16H17N3O5S2/c20-14(9-19-5-2-6-26(19,23)24)17-8-11-3-1-4-12(7-11)15-18-13(10-25-15)16(21)22/h1,3-4,7,10H,2,5-6,8-9H2,(H,17,20)(H,21,22). The maximum Gasteiger partial charge on any atom is 0.355 e. The third kappa shape index (κ3) is 4.26. The first kappa shape index (κ1) is 18.5. The quantitative estimate of drug-likeness (QED) is 0.758. The van der Waals surface area contributed by atoms with Gasteiger partial charge in [-0.3, -0.25) is 4.79 Å². The normalized spacial score (nSPS) is 16.5. The lowest BCUT2D eigenvalue weighted by Gasteiger charge is -2.14. The van der Waals surface area contributed by atoms with Crippen molar-refractivity contribution in [2.75, 3.05) is 18.8 Å². The van der Waals surface area contributed by atoms with Gasteiger partial charge in [-0.15, -0.1) is 11.3 Å². The van der Waals surface area contributed by atoms with Crippen LogP contribution in [0.15, 0.2) is 29.6 Å². The molecule has 8 nitrogen and oxygen atoms in total. The number of nitrogens with one attached hydrogen (secondary N) is 1. The van der Waals surface area contributed by atoms with Crippen molar-refractivity contribution < 1.29 is 23.1 Å². The summed E-state index contributed by atoms with van der Waals surface area (Å²) in [6.45, 7) is 0.454. The molecule has 0 unspecified atom stereocenters. The molecule has 0 aliphatic carbocycles. The SMILES string of the molecule is O=C(CN1CCCS1(=O)=O)NCc1cccc(-c2nc(C(=O)O)cs2)c1. The molecular weight excluding hydrogens is 378 g/mol. The van der Waals surface area contributed by atoms with Crippen molar-refractivity contribution in [2.24, 2.45) is 0 Å². The van der Waals surface area contributed by atoms with E-state index in [1.807, 2.05) is 18.2 Å². The highest BCUT2D eigenvalue weighted by Crippen LogP contribution is 2.24. The summed E-state index contributed by atoms with van der Waals surface area (Å²) in [6, 6.07) is 7.25. The van der Waals surface area contributed by atoms with E-state index < -0.39 is 16.0 Å². The van der Waals surface area contributed by atoms with Gasteiger partial charge >= 0.3 is 5.97 Å². The number of carbonyl (C=O) groups is 2. The monoisotopic (exact) mass is 395 g/mol. The van der Waals surface area contributed by atoms with Gasteiger partial charge in [0.25, 0.3) is 0 Å². The number of benzene rings is 1. The van der Waals surface area contributed by atoms with Crippen LogP contribution >= 0.6 is 11.3 Å². The van der Waals surface area contributed by atoms with E-state index in [9.17, 15) is 18.0 Å². The number of sulfonamides is 1. The molecule has 1 fully saturated rings. The van der Waals surface area contributed by atoms with Crippen LogP contribution in [-0.2, 0) is 21.4 Å². The minimum Gasteiger partial charge on any atom is -0.476 e. The van der Waals surface area contributed by atoms with Crippen molar-refractivity contribution in [3.8, 4) is 10.6 Å². The predicted molar refractivity (Wildman–Crippen MR) is 96.3 cm³/mol. The van der Waals surface area contributed by atoms with E-state index in [0.29, 0.717) is 18.0 Å². The minimum absolute atomic E-state index is 0.00414. The summed E-state index contributed by atoms with van der Waals surface area (Å²) < 4.78 is 24.6. The van der Waals surface area contributed by atoms with E-state index in [4.69, 9.17) is 5.11 Å². The van der Waals surface area contributed by atoms with Gasteiger partial charge < -0.3 is 10.4 Å². The van der Waals surface area contributed by atoms with Gasteiger partial charge in [0.15, 0.2) is 5.69 Å². The molecule has 138 valence electrons. The van der Waals surface area contributed by atoms with Crippen LogP contribution in [0.25, 0.3) is 10.6 Å². The van der Waals surface area contributed by atoms with Gasteiger partial charge in [0, 0.05) is 24.0 Å². The van der Waals surface area contributed by atoms with E-state index in [0.717, 1.165) is 11.1 Å². The van der Waals surface area contributed by atoms with E-state index in [1.54, 1.807) is 6.07 Å². The molecule has 1 saturated heterocycles. The molecule has 0 radical (unpaired) electrons. The molecule has 3 rings (SSSR count).